The van der Waals surface area contributed by atoms with Gasteiger partial charge in [-0.25, -0.2) is 4.79 Å². The number of aliphatic carboxylic acids is 1. The molecule has 0 saturated heterocycles. The van der Waals surface area contributed by atoms with E-state index in [-0.39, 0.29) is 6.42 Å². The number of nitrogens with two attached hydrogens (primary N) is 2. The van der Waals surface area contributed by atoms with Crippen LogP contribution >= 0.6 is 0 Å². The minimum absolute atomic E-state index is 0.0289. The van der Waals surface area contributed by atoms with Gasteiger partial charge in [-0.3, -0.25) is 0 Å². The highest BCUT2D eigenvalue weighted by Crippen LogP contribution is 1.95. The van der Waals surface area contributed by atoms with Gasteiger partial charge in [-0.1, -0.05) is 5.92 Å². The van der Waals surface area contributed by atoms with Gasteiger partial charge in [-0.15, -0.1) is 5.92 Å². The Morgan fingerprint density at radius 3 is 2.50 bits per heavy atom. The molecule has 0 bridgehead atoms. The molecule has 5 N–H and O–H groups in total. The molecule has 0 aromatic carbocycles. The van der Waals surface area contributed by atoms with Crippen LogP contribution in [0.2, 0.25) is 0 Å². The average molecular weight is 142 g/mol. The molecule has 0 radical (unpaired) electrons. The van der Waals surface area contributed by atoms with Crippen LogP contribution in [0.4, 0.5) is 0 Å². The second-order valence-electron chi connectivity index (χ2n) is 1.95. The molecule has 0 aliphatic heterocycles. The van der Waals surface area contributed by atoms with E-state index in [2.05, 4.69) is 11.8 Å². The van der Waals surface area contributed by atoms with E-state index in [0.29, 0.717) is 0 Å². The summed E-state index contributed by atoms with van der Waals surface area (Å²) in [7, 11) is 0. The first-order valence-corrected chi connectivity index (χ1v) is 2.71. The van der Waals surface area contributed by atoms with Crippen LogP contribution in [0.5, 0.6) is 0 Å². The third-order valence-electron chi connectivity index (χ3n) is 0.956. The van der Waals surface area contributed by atoms with Crippen molar-refractivity contribution in [2.24, 2.45) is 11.5 Å². The van der Waals surface area contributed by atoms with Gasteiger partial charge in [0, 0.05) is 0 Å². The lowest BCUT2D eigenvalue weighted by Crippen LogP contribution is -2.56. The summed E-state index contributed by atoms with van der Waals surface area (Å²) in [5.74, 6) is 3.75. The molecule has 0 atom stereocenters. The molecule has 0 unspecified atom stereocenters. The molecule has 0 heterocycles. The first-order chi connectivity index (χ1) is 4.50. The van der Waals surface area contributed by atoms with Gasteiger partial charge in [-0.05, 0) is 6.92 Å². The third kappa shape index (κ3) is 2.49. The van der Waals surface area contributed by atoms with E-state index in [0.717, 1.165) is 0 Å². The summed E-state index contributed by atoms with van der Waals surface area (Å²) >= 11 is 0. The van der Waals surface area contributed by atoms with Crippen molar-refractivity contribution in [1.82, 2.24) is 0 Å². The summed E-state index contributed by atoms with van der Waals surface area (Å²) in [6, 6.07) is 0. The lowest BCUT2D eigenvalue weighted by Gasteiger charge is -2.14. The molecule has 10 heavy (non-hydrogen) atoms. The van der Waals surface area contributed by atoms with Gasteiger partial charge in [0.25, 0.3) is 0 Å². The fourth-order valence-corrected chi connectivity index (χ4v) is 0.310. The second kappa shape index (κ2) is 3.20. The zero-order chi connectivity index (χ0) is 8.20. The fourth-order valence-electron chi connectivity index (χ4n) is 0.310. The molecule has 4 heteroatoms. The molecule has 0 aliphatic rings. The Morgan fingerprint density at radius 1 is 1.70 bits per heavy atom. The quantitative estimate of drug-likeness (QED) is 0.344. The molecule has 0 amide bonds. The van der Waals surface area contributed by atoms with Crippen LogP contribution in [0.25, 0.3) is 0 Å². The Hall–Kier alpha value is -1.05. The molecule has 0 fully saturated rings. The van der Waals surface area contributed by atoms with E-state index in [9.17, 15) is 4.79 Å². The summed E-state index contributed by atoms with van der Waals surface area (Å²) in [5.41, 5.74) is 8.54. The average Bonchev–Trinajstić information content (AvgIpc) is 1.84. The second-order valence-corrected chi connectivity index (χ2v) is 1.95. The number of carbonyl (C=O) groups is 1. The lowest BCUT2D eigenvalue weighted by molar-refractivity contribution is -0.142. The Morgan fingerprint density at radius 2 is 2.20 bits per heavy atom. The van der Waals surface area contributed by atoms with Crippen molar-refractivity contribution in [1.29, 1.82) is 0 Å². The number of carboxylic acid groups (broad SMARTS) is 1. The van der Waals surface area contributed by atoms with Crippen LogP contribution in [-0.2, 0) is 4.79 Å². The summed E-state index contributed by atoms with van der Waals surface area (Å²) in [6.07, 6.45) is -0.0289. The maximum Gasteiger partial charge on any atom is 0.339 e. The number of carboxylic acids is 1. The van der Waals surface area contributed by atoms with E-state index in [1.165, 1.54) is 0 Å². The van der Waals surface area contributed by atoms with E-state index in [4.69, 9.17) is 16.6 Å². The van der Waals surface area contributed by atoms with Crippen molar-refractivity contribution in [2.75, 3.05) is 0 Å². The van der Waals surface area contributed by atoms with Gasteiger partial charge >= 0.3 is 5.97 Å². The number of hydrogen-bond donors (Lipinski definition) is 3. The molecule has 0 saturated carbocycles. The molecule has 0 spiro atoms. The monoisotopic (exact) mass is 142 g/mol. The molecule has 0 aliphatic carbocycles. The first-order valence-electron chi connectivity index (χ1n) is 2.71. The van der Waals surface area contributed by atoms with E-state index >= 15 is 0 Å². The van der Waals surface area contributed by atoms with Crippen molar-refractivity contribution in [2.45, 2.75) is 19.0 Å². The van der Waals surface area contributed by atoms with E-state index in [1.54, 1.807) is 6.92 Å². The summed E-state index contributed by atoms with van der Waals surface area (Å²) in [6.45, 7) is 1.60. The van der Waals surface area contributed by atoms with Crippen molar-refractivity contribution < 1.29 is 9.90 Å². The van der Waals surface area contributed by atoms with Gasteiger partial charge < -0.3 is 16.6 Å². The number of hydrogen-bond acceptors (Lipinski definition) is 3. The number of rotatable bonds is 2. The first kappa shape index (κ1) is 8.95. The van der Waals surface area contributed by atoms with Gasteiger partial charge in [-0.2, -0.15) is 0 Å². The van der Waals surface area contributed by atoms with Crippen LogP contribution in [0.15, 0.2) is 0 Å². The zero-order valence-corrected chi connectivity index (χ0v) is 5.72. The summed E-state index contributed by atoms with van der Waals surface area (Å²) in [5, 5.41) is 8.35. The van der Waals surface area contributed by atoms with E-state index < -0.39 is 11.6 Å². The van der Waals surface area contributed by atoms with Crippen LogP contribution in [0, 0.1) is 11.8 Å². The SMILES string of the molecule is CC#CCC(N)(N)C(=O)O. The highest BCUT2D eigenvalue weighted by Gasteiger charge is 2.26. The molecule has 0 rings (SSSR count). The Kier molecular flexibility index (Phi) is 2.87. The highest BCUT2D eigenvalue weighted by molar-refractivity contribution is 5.77. The lowest BCUT2D eigenvalue weighted by atomic mass is 10.1. The Balaban J connectivity index is 4.08. The van der Waals surface area contributed by atoms with Gasteiger partial charge in [0.15, 0.2) is 5.66 Å². The molecular formula is C6H10N2O2. The van der Waals surface area contributed by atoms with Crippen molar-refractivity contribution >= 4 is 5.97 Å². The molecule has 0 aromatic heterocycles. The zero-order valence-electron chi connectivity index (χ0n) is 5.72. The Bertz CT molecular complexity index is 188. The highest BCUT2D eigenvalue weighted by atomic mass is 16.4. The van der Waals surface area contributed by atoms with Crippen LogP contribution in [0.1, 0.15) is 13.3 Å². The molecule has 56 valence electrons. The summed E-state index contributed by atoms with van der Waals surface area (Å²) in [4.78, 5) is 10.2. The van der Waals surface area contributed by atoms with Crippen molar-refractivity contribution in [3.63, 3.8) is 0 Å². The Labute approximate surface area is 59.2 Å². The fraction of sp³-hybridized carbons (Fsp3) is 0.500. The maximum absolute atomic E-state index is 10.2. The smallest absolute Gasteiger partial charge is 0.339 e. The van der Waals surface area contributed by atoms with Crippen LogP contribution < -0.4 is 11.5 Å². The third-order valence-corrected chi connectivity index (χ3v) is 0.956. The predicted octanol–water partition coefficient (Wildman–Crippen LogP) is -0.902. The molecular weight excluding hydrogens is 132 g/mol. The minimum Gasteiger partial charge on any atom is -0.479 e. The van der Waals surface area contributed by atoms with Crippen LogP contribution in [-0.4, -0.2) is 16.7 Å². The van der Waals surface area contributed by atoms with Crippen LogP contribution in [0.3, 0.4) is 0 Å². The van der Waals surface area contributed by atoms with E-state index in [1.807, 2.05) is 0 Å². The van der Waals surface area contributed by atoms with Crippen molar-refractivity contribution in [3.05, 3.63) is 0 Å². The normalized spacial score (nSPS) is 9.90. The molecule has 0 aromatic rings. The van der Waals surface area contributed by atoms with Gasteiger partial charge in [0.1, 0.15) is 0 Å². The maximum atomic E-state index is 10.2. The summed E-state index contributed by atoms with van der Waals surface area (Å²) < 4.78 is 0. The predicted molar refractivity (Wildman–Crippen MR) is 36.8 cm³/mol. The molecule has 4 nitrogen and oxygen atoms in total. The largest absolute Gasteiger partial charge is 0.479 e. The van der Waals surface area contributed by atoms with Gasteiger partial charge in [0.2, 0.25) is 0 Å². The minimum atomic E-state index is -1.71. The van der Waals surface area contributed by atoms with Gasteiger partial charge in [0.05, 0.1) is 6.42 Å². The standard InChI is InChI=1S/C6H10N2O2/c1-2-3-4-6(7,8)5(9)10/h4,7-8H2,1H3,(H,9,10). The van der Waals surface area contributed by atoms with Crippen molar-refractivity contribution in [3.8, 4) is 11.8 Å². The topological polar surface area (TPSA) is 89.3 Å².